The molecule has 0 aromatic heterocycles. The first-order valence-electron chi connectivity index (χ1n) is 13.3. The number of hydrogen-bond acceptors (Lipinski definition) is 6. The van der Waals surface area contributed by atoms with Crippen LogP contribution in [-0.4, -0.2) is 38.0 Å². The molecule has 0 saturated heterocycles. The Morgan fingerprint density at radius 2 is 0.868 bits per heavy atom. The highest BCUT2D eigenvalue weighted by Gasteiger charge is 2.14. The second-order valence-electron chi connectivity index (χ2n) is 9.49. The number of hydrogen-bond donors (Lipinski definition) is 2. The van der Waals surface area contributed by atoms with Gasteiger partial charge in [-0.05, 0) is 73.2 Å². The fourth-order valence-electron chi connectivity index (χ4n) is 4.62. The van der Waals surface area contributed by atoms with Gasteiger partial charge in [-0.1, -0.05) is 51.4 Å². The number of rotatable bonds is 17. The molecule has 38 heavy (non-hydrogen) atoms. The van der Waals surface area contributed by atoms with Crippen molar-refractivity contribution in [3.8, 4) is 0 Å². The van der Waals surface area contributed by atoms with Crippen molar-refractivity contribution in [2.45, 2.75) is 77.0 Å². The van der Waals surface area contributed by atoms with Crippen LogP contribution in [0.5, 0.6) is 0 Å². The van der Waals surface area contributed by atoms with Crippen molar-refractivity contribution < 1.29 is 28.7 Å². The van der Waals surface area contributed by atoms with Crippen LogP contribution in [0, 0.1) is 0 Å². The molecule has 0 bridgehead atoms. The number of primary amides is 2. The summed E-state index contributed by atoms with van der Waals surface area (Å²) in [4.78, 5) is 47.0. The number of unbranched alkanes of at least 4 members (excludes halogenated alkanes) is 9. The topological polar surface area (TPSA) is 139 Å². The van der Waals surface area contributed by atoms with E-state index >= 15 is 0 Å². The van der Waals surface area contributed by atoms with Gasteiger partial charge in [-0.15, -0.1) is 0 Å². The zero-order valence-corrected chi connectivity index (χ0v) is 22.6. The van der Waals surface area contributed by atoms with Crippen LogP contribution in [0.1, 0.15) is 117 Å². The number of nitrogens with two attached hydrogens (primary N) is 2. The molecule has 8 nitrogen and oxygen atoms in total. The molecule has 2 aromatic carbocycles. The quantitative estimate of drug-likeness (QED) is 0.217. The second-order valence-corrected chi connectivity index (χ2v) is 9.49. The van der Waals surface area contributed by atoms with Crippen LogP contribution in [0.25, 0.3) is 0 Å². The average molecular weight is 525 g/mol. The van der Waals surface area contributed by atoms with Gasteiger partial charge in [0.2, 0.25) is 11.8 Å². The number of benzene rings is 2. The van der Waals surface area contributed by atoms with E-state index in [1.807, 2.05) is 0 Å². The van der Waals surface area contributed by atoms with E-state index in [9.17, 15) is 19.2 Å². The highest BCUT2D eigenvalue weighted by atomic mass is 16.5. The van der Waals surface area contributed by atoms with E-state index in [2.05, 4.69) is 0 Å². The molecule has 0 unspecified atom stereocenters. The van der Waals surface area contributed by atoms with Gasteiger partial charge in [0.1, 0.15) is 0 Å². The normalized spacial score (nSPS) is 10.7. The third kappa shape index (κ3) is 9.65. The Morgan fingerprint density at radius 1 is 0.553 bits per heavy atom. The van der Waals surface area contributed by atoms with E-state index in [0.717, 1.165) is 62.5 Å². The maximum absolute atomic E-state index is 11.8. The highest BCUT2D eigenvalue weighted by Crippen LogP contribution is 2.19. The molecule has 0 aliphatic carbocycles. The molecule has 0 radical (unpaired) electrons. The highest BCUT2D eigenvalue weighted by molar-refractivity contribution is 5.97. The summed E-state index contributed by atoms with van der Waals surface area (Å²) in [6, 6.07) is 9.74. The van der Waals surface area contributed by atoms with Crippen LogP contribution in [0.15, 0.2) is 36.4 Å². The lowest BCUT2D eigenvalue weighted by Crippen LogP contribution is -2.15. The zero-order valence-electron chi connectivity index (χ0n) is 22.6. The summed E-state index contributed by atoms with van der Waals surface area (Å²) >= 11 is 0. The minimum Gasteiger partial charge on any atom is -0.465 e. The maximum atomic E-state index is 11.8. The Hall–Kier alpha value is -3.68. The standard InChI is InChI=1S/C30H40N2O6/c1-37-29(35)23-15-17-25(27(31)33)21(19-23)13-11-9-7-5-3-4-6-8-10-12-14-22-20-24(30(36)38-2)16-18-26(22)28(32)34/h15-20H,3-14H2,1-2H3,(H2,31,33)(H2,32,34). The number of esters is 2. The summed E-state index contributed by atoms with van der Waals surface area (Å²) in [6.45, 7) is 0. The van der Waals surface area contributed by atoms with E-state index in [1.54, 1.807) is 36.4 Å². The van der Waals surface area contributed by atoms with Crippen LogP contribution in [0.2, 0.25) is 0 Å². The molecule has 206 valence electrons. The van der Waals surface area contributed by atoms with E-state index in [-0.39, 0.29) is 0 Å². The number of carbonyl (C=O) groups excluding carboxylic acids is 4. The van der Waals surface area contributed by atoms with Crippen LogP contribution >= 0.6 is 0 Å². The fraction of sp³-hybridized carbons (Fsp3) is 0.467. The van der Waals surface area contributed by atoms with Gasteiger partial charge in [0.05, 0.1) is 25.3 Å². The Morgan fingerprint density at radius 3 is 1.16 bits per heavy atom. The fourth-order valence-corrected chi connectivity index (χ4v) is 4.62. The Balaban J connectivity index is 1.61. The maximum Gasteiger partial charge on any atom is 0.337 e. The molecular formula is C30H40N2O6. The van der Waals surface area contributed by atoms with Crippen molar-refractivity contribution in [2.75, 3.05) is 14.2 Å². The number of ether oxygens (including phenoxy) is 2. The van der Waals surface area contributed by atoms with E-state index in [4.69, 9.17) is 20.9 Å². The van der Waals surface area contributed by atoms with Crippen LogP contribution in [-0.2, 0) is 22.3 Å². The number of amides is 2. The Kier molecular flexibility index (Phi) is 13.0. The summed E-state index contributed by atoms with van der Waals surface area (Å²) in [5.41, 5.74) is 14.3. The molecule has 0 aliphatic heterocycles. The summed E-state index contributed by atoms with van der Waals surface area (Å²) in [6.07, 6.45) is 12.3. The largest absolute Gasteiger partial charge is 0.465 e. The zero-order chi connectivity index (χ0) is 27.9. The van der Waals surface area contributed by atoms with Gasteiger partial charge in [-0.3, -0.25) is 9.59 Å². The average Bonchev–Trinajstić information content (AvgIpc) is 2.92. The van der Waals surface area contributed by atoms with Crippen LogP contribution < -0.4 is 11.5 Å². The van der Waals surface area contributed by atoms with Crippen molar-refractivity contribution >= 4 is 23.8 Å². The number of aryl methyl sites for hydroxylation is 2. The van der Waals surface area contributed by atoms with Gasteiger partial charge in [-0.25, -0.2) is 9.59 Å². The van der Waals surface area contributed by atoms with Gasteiger partial charge < -0.3 is 20.9 Å². The van der Waals surface area contributed by atoms with Crippen molar-refractivity contribution in [1.29, 1.82) is 0 Å². The minimum atomic E-state index is -0.487. The first-order chi connectivity index (χ1) is 18.3. The molecular weight excluding hydrogens is 484 g/mol. The molecule has 8 heteroatoms. The minimum absolute atomic E-state index is 0.426. The van der Waals surface area contributed by atoms with Crippen molar-refractivity contribution in [1.82, 2.24) is 0 Å². The van der Waals surface area contributed by atoms with Crippen molar-refractivity contribution in [3.63, 3.8) is 0 Å². The molecule has 0 aliphatic rings. The van der Waals surface area contributed by atoms with Crippen LogP contribution in [0.3, 0.4) is 0 Å². The van der Waals surface area contributed by atoms with Gasteiger partial charge in [-0.2, -0.15) is 0 Å². The van der Waals surface area contributed by atoms with E-state index in [0.29, 0.717) is 35.1 Å². The third-order valence-corrected chi connectivity index (χ3v) is 6.73. The van der Waals surface area contributed by atoms with E-state index < -0.39 is 23.8 Å². The smallest absolute Gasteiger partial charge is 0.337 e. The molecule has 2 rings (SSSR count). The monoisotopic (exact) mass is 524 g/mol. The molecule has 0 saturated carbocycles. The third-order valence-electron chi connectivity index (χ3n) is 6.73. The second kappa shape index (κ2) is 16.2. The molecule has 0 atom stereocenters. The molecule has 0 spiro atoms. The van der Waals surface area contributed by atoms with E-state index in [1.165, 1.54) is 27.1 Å². The Labute approximate surface area is 225 Å². The molecule has 0 heterocycles. The van der Waals surface area contributed by atoms with Crippen LogP contribution in [0.4, 0.5) is 0 Å². The van der Waals surface area contributed by atoms with Gasteiger partial charge >= 0.3 is 11.9 Å². The first kappa shape index (κ1) is 30.5. The molecule has 0 fully saturated rings. The SMILES string of the molecule is COC(=O)c1ccc(C(N)=O)c(CCCCCCCCCCCCc2cc(C(=O)OC)ccc2C(N)=O)c1. The molecule has 2 aromatic rings. The summed E-state index contributed by atoms with van der Waals surface area (Å²) in [5.74, 6) is -1.82. The lowest BCUT2D eigenvalue weighted by molar-refractivity contribution is 0.0591. The number of methoxy groups -OCH3 is 2. The van der Waals surface area contributed by atoms with Crippen molar-refractivity contribution in [2.24, 2.45) is 11.5 Å². The molecule has 2 amide bonds. The lowest BCUT2D eigenvalue weighted by atomic mass is 9.97. The van der Waals surface area contributed by atoms with Gasteiger partial charge in [0.25, 0.3) is 0 Å². The predicted octanol–water partition coefficient (Wildman–Crippen LogP) is 5.14. The first-order valence-corrected chi connectivity index (χ1v) is 13.3. The van der Waals surface area contributed by atoms with Crippen molar-refractivity contribution in [3.05, 3.63) is 69.8 Å². The summed E-state index contributed by atoms with van der Waals surface area (Å²) in [7, 11) is 2.66. The van der Waals surface area contributed by atoms with Gasteiger partial charge in [0.15, 0.2) is 0 Å². The lowest BCUT2D eigenvalue weighted by Gasteiger charge is -2.09. The summed E-state index contributed by atoms with van der Waals surface area (Å²) < 4.78 is 9.53. The van der Waals surface area contributed by atoms with Gasteiger partial charge in [0, 0.05) is 11.1 Å². The Bertz CT molecular complexity index is 1020. The number of carbonyl (C=O) groups is 4. The molecule has 4 N–H and O–H groups in total. The predicted molar refractivity (Wildman–Crippen MR) is 146 cm³/mol. The summed E-state index contributed by atoms with van der Waals surface area (Å²) in [5, 5.41) is 0.